The largest absolute Gasteiger partial charge is 0.481 e. The summed E-state index contributed by atoms with van der Waals surface area (Å²) in [5.41, 5.74) is 0. The topological polar surface area (TPSA) is 78.4 Å². The summed E-state index contributed by atoms with van der Waals surface area (Å²) >= 11 is 1.98. The van der Waals surface area contributed by atoms with Crippen LogP contribution in [0.15, 0.2) is 0 Å². The van der Waals surface area contributed by atoms with Crippen molar-refractivity contribution in [3.05, 3.63) is 0 Å². The first-order valence-corrected chi connectivity index (χ1v) is 9.15. The summed E-state index contributed by atoms with van der Waals surface area (Å²) in [6.07, 6.45) is 5.34. The molecule has 0 radical (unpaired) electrons. The molecular weight excluding hydrogens is 288 g/mol. The van der Waals surface area contributed by atoms with Crippen molar-refractivity contribution in [2.75, 3.05) is 18.1 Å². The Balaban J connectivity index is 1.48. The van der Waals surface area contributed by atoms with Gasteiger partial charge in [0.1, 0.15) is 0 Å². The minimum atomic E-state index is -0.753. The van der Waals surface area contributed by atoms with Crippen molar-refractivity contribution in [2.24, 2.45) is 23.7 Å². The summed E-state index contributed by atoms with van der Waals surface area (Å²) < 4.78 is 0. The van der Waals surface area contributed by atoms with Gasteiger partial charge in [-0.15, -0.1) is 0 Å². The van der Waals surface area contributed by atoms with Crippen LogP contribution >= 0.6 is 11.8 Å². The molecule has 6 heteroatoms. The molecule has 1 heterocycles. The van der Waals surface area contributed by atoms with Crippen LogP contribution < -0.4 is 10.6 Å². The van der Waals surface area contributed by atoms with Gasteiger partial charge in [-0.05, 0) is 61.4 Å². The lowest BCUT2D eigenvalue weighted by molar-refractivity contribution is -0.144. The lowest BCUT2D eigenvalue weighted by Gasteiger charge is -2.29. The van der Waals surface area contributed by atoms with E-state index >= 15 is 0 Å². The van der Waals surface area contributed by atoms with E-state index in [1.165, 1.54) is 11.5 Å². The highest BCUT2D eigenvalue weighted by molar-refractivity contribution is 7.99. The number of carbonyl (C=O) groups excluding carboxylic acids is 1. The molecule has 118 valence electrons. The zero-order valence-electron chi connectivity index (χ0n) is 12.2. The van der Waals surface area contributed by atoms with Crippen molar-refractivity contribution in [3.8, 4) is 0 Å². The van der Waals surface area contributed by atoms with Crippen LogP contribution in [0.4, 0.5) is 4.79 Å². The number of fused-ring (bicyclic) bond motifs is 2. The van der Waals surface area contributed by atoms with Gasteiger partial charge in [-0.3, -0.25) is 4.79 Å². The third kappa shape index (κ3) is 3.30. The number of aliphatic carboxylic acids is 1. The molecule has 2 aliphatic carbocycles. The van der Waals surface area contributed by atoms with E-state index in [9.17, 15) is 14.7 Å². The van der Waals surface area contributed by atoms with E-state index in [-0.39, 0.29) is 23.9 Å². The molecule has 1 saturated heterocycles. The predicted octanol–water partition coefficient (Wildman–Crippen LogP) is 1.93. The minimum Gasteiger partial charge on any atom is -0.481 e. The lowest BCUT2D eigenvalue weighted by atomic mass is 9.84. The van der Waals surface area contributed by atoms with Gasteiger partial charge in [0.2, 0.25) is 0 Å². The van der Waals surface area contributed by atoms with Gasteiger partial charge in [-0.2, -0.15) is 11.8 Å². The second kappa shape index (κ2) is 6.46. The van der Waals surface area contributed by atoms with Crippen LogP contribution in [-0.2, 0) is 4.79 Å². The smallest absolute Gasteiger partial charge is 0.315 e. The normalized spacial score (nSPS) is 35.6. The third-order valence-corrected chi connectivity index (χ3v) is 6.44. The SMILES string of the molecule is O=C(NCC1CCSCC1)NC1C2CCC(C2)C1C(=O)O. The van der Waals surface area contributed by atoms with Crippen LogP contribution in [0.5, 0.6) is 0 Å². The standard InChI is InChI=1S/C15H24N2O3S/c18-14(19)12-10-1-2-11(7-10)13(12)17-15(20)16-8-9-3-5-21-6-4-9/h9-13H,1-8H2,(H,18,19)(H2,16,17,20). The molecule has 4 unspecified atom stereocenters. The van der Waals surface area contributed by atoms with E-state index in [1.54, 1.807) is 0 Å². The Kier molecular flexibility index (Phi) is 4.62. The van der Waals surface area contributed by atoms with Gasteiger partial charge in [0.05, 0.1) is 5.92 Å². The number of urea groups is 1. The summed E-state index contributed by atoms with van der Waals surface area (Å²) in [6.45, 7) is 0.713. The van der Waals surface area contributed by atoms with Crippen LogP contribution in [-0.4, -0.2) is 41.2 Å². The van der Waals surface area contributed by atoms with Gasteiger partial charge >= 0.3 is 12.0 Å². The van der Waals surface area contributed by atoms with Gasteiger partial charge in [0.25, 0.3) is 0 Å². The molecular formula is C15H24N2O3S. The van der Waals surface area contributed by atoms with Crippen molar-refractivity contribution in [1.29, 1.82) is 0 Å². The number of hydrogen-bond donors (Lipinski definition) is 3. The van der Waals surface area contributed by atoms with Gasteiger partial charge < -0.3 is 15.7 Å². The molecule has 0 aromatic carbocycles. The Morgan fingerprint density at radius 2 is 1.81 bits per heavy atom. The van der Waals surface area contributed by atoms with Crippen LogP contribution in [0, 0.1) is 23.7 Å². The molecule has 5 nitrogen and oxygen atoms in total. The second-order valence-electron chi connectivity index (χ2n) is 6.63. The molecule has 2 saturated carbocycles. The number of amides is 2. The first-order chi connectivity index (χ1) is 10.1. The Morgan fingerprint density at radius 3 is 2.52 bits per heavy atom. The number of hydrogen-bond acceptors (Lipinski definition) is 3. The number of nitrogens with one attached hydrogen (secondary N) is 2. The summed E-state index contributed by atoms with van der Waals surface area (Å²) in [5.74, 6) is 2.41. The molecule has 21 heavy (non-hydrogen) atoms. The average molecular weight is 312 g/mol. The molecule has 3 fully saturated rings. The van der Waals surface area contributed by atoms with Crippen molar-refractivity contribution in [2.45, 2.75) is 38.1 Å². The molecule has 0 aromatic rings. The Morgan fingerprint density at radius 1 is 1.10 bits per heavy atom. The maximum atomic E-state index is 12.1. The van der Waals surface area contributed by atoms with E-state index in [1.807, 2.05) is 11.8 Å². The fourth-order valence-corrected chi connectivity index (χ4v) is 5.45. The number of carbonyl (C=O) groups is 2. The van der Waals surface area contributed by atoms with E-state index in [4.69, 9.17) is 0 Å². The lowest BCUT2D eigenvalue weighted by Crippen LogP contribution is -2.50. The van der Waals surface area contributed by atoms with Crippen molar-refractivity contribution in [3.63, 3.8) is 0 Å². The van der Waals surface area contributed by atoms with Gasteiger partial charge in [-0.25, -0.2) is 4.79 Å². The van der Waals surface area contributed by atoms with E-state index in [0.717, 1.165) is 32.1 Å². The molecule has 2 amide bonds. The maximum Gasteiger partial charge on any atom is 0.315 e. The summed E-state index contributed by atoms with van der Waals surface area (Å²) in [4.78, 5) is 23.5. The number of thioether (sulfide) groups is 1. The van der Waals surface area contributed by atoms with Gasteiger partial charge in [0.15, 0.2) is 0 Å². The minimum absolute atomic E-state index is 0.178. The molecule has 1 aliphatic heterocycles. The van der Waals surface area contributed by atoms with Crippen LogP contribution in [0.25, 0.3) is 0 Å². The highest BCUT2D eigenvalue weighted by Gasteiger charge is 2.51. The summed E-state index contributed by atoms with van der Waals surface area (Å²) in [6, 6.07) is -0.361. The fourth-order valence-electron chi connectivity index (χ4n) is 4.24. The van der Waals surface area contributed by atoms with Crippen molar-refractivity contribution >= 4 is 23.8 Å². The Hall–Kier alpha value is -0.910. The molecule has 2 bridgehead atoms. The summed E-state index contributed by atoms with van der Waals surface area (Å²) in [7, 11) is 0. The molecule has 4 atom stereocenters. The maximum absolute atomic E-state index is 12.1. The zero-order chi connectivity index (χ0) is 14.8. The Bertz CT molecular complexity index is 412. The number of carboxylic acid groups (broad SMARTS) is 1. The quantitative estimate of drug-likeness (QED) is 0.741. The van der Waals surface area contributed by atoms with Crippen molar-refractivity contribution in [1.82, 2.24) is 10.6 Å². The highest BCUT2D eigenvalue weighted by atomic mass is 32.2. The second-order valence-corrected chi connectivity index (χ2v) is 7.86. The summed E-state index contributed by atoms with van der Waals surface area (Å²) in [5, 5.41) is 15.3. The van der Waals surface area contributed by atoms with E-state index < -0.39 is 5.97 Å². The number of rotatable bonds is 4. The molecule has 3 aliphatic rings. The molecule has 3 N–H and O–H groups in total. The van der Waals surface area contributed by atoms with E-state index in [0.29, 0.717) is 18.4 Å². The Labute approximate surface area is 129 Å². The molecule has 0 aromatic heterocycles. The average Bonchev–Trinajstić information content (AvgIpc) is 3.07. The van der Waals surface area contributed by atoms with Gasteiger partial charge in [-0.1, -0.05) is 0 Å². The number of carboxylic acids is 1. The predicted molar refractivity (Wildman–Crippen MR) is 82.3 cm³/mol. The van der Waals surface area contributed by atoms with Crippen LogP contribution in [0.1, 0.15) is 32.1 Å². The van der Waals surface area contributed by atoms with Crippen LogP contribution in [0.3, 0.4) is 0 Å². The van der Waals surface area contributed by atoms with Crippen LogP contribution in [0.2, 0.25) is 0 Å². The highest BCUT2D eigenvalue weighted by Crippen LogP contribution is 2.48. The monoisotopic (exact) mass is 312 g/mol. The third-order valence-electron chi connectivity index (χ3n) is 5.39. The fraction of sp³-hybridized carbons (Fsp3) is 0.867. The molecule has 0 spiro atoms. The van der Waals surface area contributed by atoms with Gasteiger partial charge in [0, 0.05) is 12.6 Å². The van der Waals surface area contributed by atoms with E-state index in [2.05, 4.69) is 10.6 Å². The zero-order valence-corrected chi connectivity index (χ0v) is 13.0. The first kappa shape index (κ1) is 15.0. The van der Waals surface area contributed by atoms with Crippen molar-refractivity contribution < 1.29 is 14.7 Å². The first-order valence-electron chi connectivity index (χ1n) is 8.00. The molecule has 3 rings (SSSR count).